The van der Waals surface area contributed by atoms with E-state index in [0.29, 0.717) is 12.0 Å². The van der Waals surface area contributed by atoms with Gasteiger partial charge in [-0.1, -0.05) is 48.5 Å². The summed E-state index contributed by atoms with van der Waals surface area (Å²) in [5, 5.41) is 10.6. The van der Waals surface area contributed by atoms with Crippen molar-refractivity contribution >= 4 is 17.5 Å². The third kappa shape index (κ3) is 3.38. The summed E-state index contributed by atoms with van der Waals surface area (Å²) >= 11 is 0. The first-order valence-corrected chi connectivity index (χ1v) is 6.15. The Hall–Kier alpha value is -2.75. The summed E-state index contributed by atoms with van der Waals surface area (Å²) in [7, 11) is 0. The number of hydrogen-bond donors (Lipinski definition) is 0. The van der Waals surface area contributed by atoms with Crippen molar-refractivity contribution in [3.05, 3.63) is 81.9 Å². The summed E-state index contributed by atoms with van der Waals surface area (Å²) in [6, 6.07) is 15.7. The Labute approximate surface area is 116 Å². The number of rotatable bonds is 5. The van der Waals surface area contributed by atoms with Gasteiger partial charge in [0, 0.05) is 17.7 Å². The number of aldehydes is 1. The van der Waals surface area contributed by atoms with Gasteiger partial charge in [-0.05, 0) is 17.5 Å². The Kier molecular flexibility index (Phi) is 4.39. The van der Waals surface area contributed by atoms with Crippen LogP contribution in [0.5, 0.6) is 0 Å². The van der Waals surface area contributed by atoms with Gasteiger partial charge in [0.15, 0.2) is 0 Å². The van der Waals surface area contributed by atoms with E-state index in [1.54, 1.807) is 12.1 Å². The highest BCUT2D eigenvalue weighted by atomic mass is 16.6. The van der Waals surface area contributed by atoms with Crippen LogP contribution in [0.1, 0.15) is 11.1 Å². The van der Waals surface area contributed by atoms with E-state index < -0.39 is 4.92 Å². The molecule has 0 atom stereocenters. The van der Waals surface area contributed by atoms with Crippen LogP contribution in [0.3, 0.4) is 0 Å². The van der Waals surface area contributed by atoms with Crippen molar-refractivity contribution in [2.75, 3.05) is 0 Å². The molecular formula is C16H13NO3. The van der Waals surface area contributed by atoms with E-state index in [0.717, 1.165) is 17.4 Å². The number of carbonyl (C=O) groups excluding carboxylic acids is 1. The smallest absolute Gasteiger partial charge is 0.269 e. The lowest BCUT2D eigenvalue weighted by molar-refractivity contribution is -0.384. The van der Waals surface area contributed by atoms with E-state index in [-0.39, 0.29) is 5.69 Å². The highest BCUT2D eigenvalue weighted by molar-refractivity contribution is 6.06. The first kappa shape index (κ1) is 13.7. The molecule has 2 aromatic carbocycles. The van der Waals surface area contributed by atoms with Gasteiger partial charge in [0.25, 0.3) is 5.69 Å². The maximum Gasteiger partial charge on any atom is 0.269 e. The van der Waals surface area contributed by atoms with Crippen molar-refractivity contribution in [2.24, 2.45) is 0 Å². The molecule has 0 unspecified atom stereocenters. The van der Waals surface area contributed by atoms with E-state index in [2.05, 4.69) is 0 Å². The Morgan fingerprint density at radius 1 is 1.05 bits per heavy atom. The fraction of sp³-hybridized carbons (Fsp3) is 0.0625. The van der Waals surface area contributed by atoms with Gasteiger partial charge in [-0.2, -0.15) is 0 Å². The molecule has 0 saturated carbocycles. The normalized spacial score (nSPS) is 11.1. The first-order chi connectivity index (χ1) is 9.70. The fourth-order valence-corrected chi connectivity index (χ4v) is 1.85. The minimum Gasteiger partial charge on any atom is -0.298 e. The van der Waals surface area contributed by atoms with E-state index >= 15 is 0 Å². The van der Waals surface area contributed by atoms with Crippen LogP contribution in [-0.4, -0.2) is 11.2 Å². The van der Waals surface area contributed by atoms with Gasteiger partial charge >= 0.3 is 0 Å². The highest BCUT2D eigenvalue weighted by Crippen LogP contribution is 2.15. The zero-order chi connectivity index (χ0) is 14.4. The summed E-state index contributed by atoms with van der Waals surface area (Å²) < 4.78 is 0. The van der Waals surface area contributed by atoms with Gasteiger partial charge < -0.3 is 0 Å². The fourth-order valence-electron chi connectivity index (χ4n) is 1.85. The van der Waals surface area contributed by atoms with Crippen molar-refractivity contribution in [3.8, 4) is 0 Å². The lowest BCUT2D eigenvalue weighted by Gasteiger charge is -2.01. The Morgan fingerprint density at radius 2 is 1.70 bits per heavy atom. The Balaban J connectivity index is 2.15. The molecule has 2 rings (SSSR count). The van der Waals surface area contributed by atoms with Gasteiger partial charge in [-0.25, -0.2) is 0 Å². The molecule has 0 amide bonds. The molecular weight excluding hydrogens is 254 g/mol. The van der Waals surface area contributed by atoms with Crippen LogP contribution in [-0.2, 0) is 11.2 Å². The quantitative estimate of drug-likeness (QED) is 0.361. The topological polar surface area (TPSA) is 60.2 Å². The Morgan fingerprint density at radius 3 is 2.25 bits per heavy atom. The van der Waals surface area contributed by atoms with Crippen molar-refractivity contribution in [3.63, 3.8) is 0 Å². The van der Waals surface area contributed by atoms with Gasteiger partial charge in [0.05, 0.1) is 4.92 Å². The van der Waals surface area contributed by atoms with Crippen LogP contribution in [0.25, 0.3) is 5.57 Å². The van der Waals surface area contributed by atoms with E-state index in [4.69, 9.17) is 0 Å². The summed E-state index contributed by atoms with van der Waals surface area (Å²) in [6.07, 6.45) is 3.20. The Bertz CT molecular complexity index is 631. The predicted molar refractivity (Wildman–Crippen MR) is 77.3 cm³/mol. The number of nitro groups is 1. The van der Waals surface area contributed by atoms with Crippen LogP contribution >= 0.6 is 0 Å². The zero-order valence-electron chi connectivity index (χ0n) is 10.7. The molecule has 0 heterocycles. The molecule has 0 N–H and O–H groups in total. The number of allylic oxidation sites excluding steroid dienone is 2. The molecule has 20 heavy (non-hydrogen) atoms. The molecule has 0 bridgehead atoms. The van der Waals surface area contributed by atoms with Crippen molar-refractivity contribution < 1.29 is 9.72 Å². The molecule has 0 aliphatic rings. The molecule has 4 nitrogen and oxygen atoms in total. The molecule has 100 valence electrons. The predicted octanol–water partition coefficient (Wildman–Crippen LogP) is 3.42. The average molecular weight is 267 g/mol. The van der Waals surface area contributed by atoms with E-state index in [1.165, 1.54) is 12.1 Å². The van der Waals surface area contributed by atoms with Crippen LogP contribution in [0.4, 0.5) is 5.69 Å². The first-order valence-electron chi connectivity index (χ1n) is 6.15. The standard InChI is InChI=1S/C16H13NO3/c18-12-15(14-4-2-1-3-5-14)9-6-13-7-10-16(11-8-13)17(19)20/h1-5,7-12H,6H2. The lowest BCUT2D eigenvalue weighted by atomic mass is 10.0. The average Bonchev–Trinajstić information content (AvgIpc) is 2.49. The molecule has 4 heteroatoms. The number of nitrogens with zero attached hydrogens (tertiary/aromatic N) is 1. The number of non-ortho nitro benzene ring substituents is 1. The molecule has 0 spiro atoms. The van der Waals surface area contributed by atoms with Crippen molar-refractivity contribution in [1.29, 1.82) is 0 Å². The van der Waals surface area contributed by atoms with Crippen LogP contribution < -0.4 is 0 Å². The SMILES string of the molecule is O=CC(=CCc1ccc([N+](=O)[O-])cc1)c1ccccc1. The summed E-state index contributed by atoms with van der Waals surface area (Å²) in [5.74, 6) is 0. The van der Waals surface area contributed by atoms with Crippen molar-refractivity contribution in [2.45, 2.75) is 6.42 Å². The second-order valence-corrected chi connectivity index (χ2v) is 4.27. The zero-order valence-corrected chi connectivity index (χ0v) is 10.7. The van der Waals surface area contributed by atoms with Crippen LogP contribution in [0.2, 0.25) is 0 Å². The molecule has 0 saturated heterocycles. The van der Waals surface area contributed by atoms with E-state index in [9.17, 15) is 14.9 Å². The lowest BCUT2D eigenvalue weighted by Crippen LogP contribution is -1.90. The third-order valence-electron chi connectivity index (χ3n) is 2.94. The van der Waals surface area contributed by atoms with Gasteiger partial charge in [0.2, 0.25) is 0 Å². The second-order valence-electron chi connectivity index (χ2n) is 4.27. The maximum atomic E-state index is 11.1. The van der Waals surface area contributed by atoms with Gasteiger partial charge in [-0.15, -0.1) is 0 Å². The molecule has 0 radical (unpaired) electrons. The number of benzene rings is 2. The molecule has 0 aliphatic carbocycles. The molecule has 0 aliphatic heterocycles. The number of hydrogen-bond acceptors (Lipinski definition) is 3. The second kappa shape index (κ2) is 6.43. The summed E-state index contributed by atoms with van der Waals surface area (Å²) in [4.78, 5) is 21.2. The van der Waals surface area contributed by atoms with Crippen molar-refractivity contribution in [1.82, 2.24) is 0 Å². The van der Waals surface area contributed by atoms with Gasteiger partial charge in [0.1, 0.15) is 6.29 Å². The third-order valence-corrected chi connectivity index (χ3v) is 2.94. The summed E-state index contributed by atoms with van der Waals surface area (Å²) in [6.45, 7) is 0. The monoisotopic (exact) mass is 267 g/mol. The maximum absolute atomic E-state index is 11.1. The minimum atomic E-state index is -0.430. The van der Waals surface area contributed by atoms with Crippen LogP contribution in [0.15, 0.2) is 60.7 Å². The largest absolute Gasteiger partial charge is 0.298 e. The molecule has 0 aromatic heterocycles. The molecule has 2 aromatic rings. The number of nitro benzene ring substituents is 1. The van der Waals surface area contributed by atoms with Crippen LogP contribution in [0, 0.1) is 10.1 Å². The summed E-state index contributed by atoms with van der Waals surface area (Å²) in [5.41, 5.74) is 2.47. The van der Waals surface area contributed by atoms with Gasteiger partial charge in [-0.3, -0.25) is 14.9 Å². The number of carbonyl (C=O) groups is 1. The highest BCUT2D eigenvalue weighted by Gasteiger charge is 2.04. The van der Waals surface area contributed by atoms with E-state index in [1.807, 2.05) is 36.4 Å². The minimum absolute atomic E-state index is 0.0661. The molecule has 0 fully saturated rings.